The Labute approximate surface area is 210 Å². The summed E-state index contributed by atoms with van der Waals surface area (Å²) < 4.78 is 7.18. The number of anilines is 1. The predicted molar refractivity (Wildman–Crippen MR) is 140 cm³/mol. The van der Waals surface area contributed by atoms with Crippen LogP contribution in [0.1, 0.15) is 24.0 Å². The van der Waals surface area contributed by atoms with Crippen LogP contribution in [0.2, 0.25) is 0 Å². The summed E-state index contributed by atoms with van der Waals surface area (Å²) in [5.74, 6) is 2.28. The molecule has 0 spiro atoms. The third-order valence-electron chi connectivity index (χ3n) is 6.81. The van der Waals surface area contributed by atoms with Crippen LogP contribution in [0.4, 0.5) is 5.82 Å². The van der Waals surface area contributed by atoms with Crippen LogP contribution >= 0.6 is 0 Å². The Morgan fingerprint density at radius 1 is 1.08 bits per heavy atom. The summed E-state index contributed by atoms with van der Waals surface area (Å²) in [6, 6.07) is 19.9. The number of carbonyl (C=O) groups excluding carboxylic acids is 1. The van der Waals surface area contributed by atoms with Crippen LogP contribution in [-0.4, -0.2) is 58.6 Å². The summed E-state index contributed by atoms with van der Waals surface area (Å²) in [4.78, 5) is 14.9. The van der Waals surface area contributed by atoms with Gasteiger partial charge in [0.2, 0.25) is 5.91 Å². The van der Waals surface area contributed by atoms with Gasteiger partial charge in [0.25, 0.3) is 0 Å². The largest absolute Gasteiger partial charge is 0.497 e. The summed E-state index contributed by atoms with van der Waals surface area (Å²) in [6.45, 7) is 1.57. The van der Waals surface area contributed by atoms with E-state index in [9.17, 15) is 9.90 Å². The van der Waals surface area contributed by atoms with Crippen molar-refractivity contribution in [2.75, 3.05) is 31.7 Å². The van der Waals surface area contributed by atoms with E-state index in [1.165, 1.54) is 0 Å². The van der Waals surface area contributed by atoms with Gasteiger partial charge in [0.05, 0.1) is 31.7 Å². The average molecular weight is 486 g/mol. The van der Waals surface area contributed by atoms with E-state index in [1.54, 1.807) is 7.11 Å². The number of para-hydroxylation sites is 1. The number of nitrogens with zero attached hydrogens (tertiary/aromatic N) is 4. The van der Waals surface area contributed by atoms with Gasteiger partial charge >= 0.3 is 0 Å². The lowest BCUT2D eigenvalue weighted by atomic mass is 10.1. The van der Waals surface area contributed by atoms with E-state index in [0.717, 1.165) is 59.4 Å². The highest BCUT2D eigenvalue weighted by molar-refractivity contribution is 5.90. The second-order valence-electron chi connectivity index (χ2n) is 9.09. The van der Waals surface area contributed by atoms with E-state index in [0.29, 0.717) is 12.4 Å². The number of hydrogen-bond donors (Lipinski definition) is 2. The number of amides is 1. The molecule has 0 aliphatic carbocycles. The zero-order valence-corrected chi connectivity index (χ0v) is 20.4. The zero-order valence-electron chi connectivity index (χ0n) is 20.4. The quantitative estimate of drug-likeness (QED) is 0.378. The first kappa shape index (κ1) is 23.8. The van der Waals surface area contributed by atoms with E-state index in [1.807, 2.05) is 71.4 Å². The topological polar surface area (TPSA) is 92.5 Å². The standard InChI is InChI=1S/C28H31N5O3/c1-36-23-10-8-20(9-11-23)14-15-29-28(35)17-21-18-33(25-7-3-2-6-24(21)25)27-13-12-26(30-31-27)32-16-4-5-22(32)19-34/h2-3,6-13,18,22,34H,4-5,14-17,19H2,1H3,(H,29,35). The first-order valence-corrected chi connectivity index (χ1v) is 12.4. The smallest absolute Gasteiger partial charge is 0.224 e. The number of carbonyl (C=O) groups is 1. The molecule has 1 fully saturated rings. The molecule has 8 heteroatoms. The van der Waals surface area contributed by atoms with Crippen molar-refractivity contribution in [2.24, 2.45) is 0 Å². The van der Waals surface area contributed by atoms with Crippen LogP contribution < -0.4 is 15.0 Å². The zero-order chi connectivity index (χ0) is 24.9. The first-order valence-electron chi connectivity index (χ1n) is 12.4. The number of hydrogen-bond acceptors (Lipinski definition) is 6. The molecule has 4 aromatic rings. The maximum atomic E-state index is 12.7. The molecule has 0 radical (unpaired) electrons. The number of aliphatic hydroxyl groups is 1. The highest BCUT2D eigenvalue weighted by Gasteiger charge is 2.25. The van der Waals surface area contributed by atoms with Crippen LogP contribution in [0, 0.1) is 0 Å². The van der Waals surface area contributed by atoms with E-state index in [2.05, 4.69) is 20.4 Å². The van der Waals surface area contributed by atoms with Crippen molar-refractivity contribution >= 4 is 22.6 Å². The van der Waals surface area contributed by atoms with Gasteiger partial charge in [-0.3, -0.25) is 9.36 Å². The molecule has 1 unspecified atom stereocenters. The minimum absolute atomic E-state index is 0.0167. The molecule has 2 N–H and O–H groups in total. The van der Waals surface area contributed by atoms with Crippen molar-refractivity contribution in [2.45, 2.75) is 31.7 Å². The van der Waals surface area contributed by atoms with Gasteiger partial charge in [0, 0.05) is 24.7 Å². The van der Waals surface area contributed by atoms with Crippen molar-refractivity contribution in [3.8, 4) is 11.6 Å². The molecule has 3 heterocycles. The van der Waals surface area contributed by atoms with Gasteiger partial charge in [0.1, 0.15) is 5.75 Å². The van der Waals surface area contributed by atoms with E-state index < -0.39 is 0 Å². The monoisotopic (exact) mass is 485 g/mol. The van der Waals surface area contributed by atoms with Crippen molar-refractivity contribution in [1.82, 2.24) is 20.1 Å². The summed E-state index contributed by atoms with van der Waals surface area (Å²) in [5, 5.41) is 22.6. The molecule has 2 aromatic heterocycles. The molecule has 2 aromatic carbocycles. The molecule has 1 amide bonds. The number of fused-ring (bicyclic) bond motifs is 1. The molecule has 1 saturated heterocycles. The average Bonchev–Trinajstić information content (AvgIpc) is 3.54. The second kappa shape index (κ2) is 10.8. The van der Waals surface area contributed by atoms with E-state index >= 15 is 0 Å². The molecule has 1 atom stereocenters. The Hall–Kier alpha value is -3.91. The molecule has 0 bridgehead atoms. The normalized spacial score (nSPS) is 15.4. The maximum Gasteiger partial charge on any atom is 0.224 e. The maximum absolute atomic E-state index is 12.7. The number of benzene rings is 2. The molecular formula is C28H31N5O3. The Balaban J connectivity index is 1.28. The summed E-state index contributed by atoms with van der Waals surface area (Å²) in [6.07, 6.45) is 5.03. The van der Waals surface area contributed by atoms with E-state index in [4.69, 9.17) is 4.74 Å². The Kier molecular flexibility index (Phi) is 7.13. The molecule has 0 saturated carbocycles. The second-order valence-corrected chi connectivity index (χ2v) is 9.09. The lowest BCUT2D eigenvalue weighted by molar-refractivity contribution is -0.120. The van der Waals surface area contributed by atoms with Crippen LogP contribution in [0.3, 0.4) is 0 Å². The minimum atomic E-state index is -0.0167. The molecule has 5 rings (SSSR count). The van der Waals surface area contributed by atoms with Crippen LogP contribution in [0.15, 0.2) is 66.9 Å². The van der Waals surface area contributed by atoms with Gasteiger partial charge in [-0.05, 0) is 60.7 Å². The molecule has 36 heavy (non-hydrogen) atoms. The molecule has 8 nitrogen and oxygen atoms in total. The molecule has 186 valence electrons. The molecule has 1 aliphatic rings. The van der Waals surface area contributed by atoms with E-state index in [-0.39, 0.29) is 25.0 Å². The number of aliphatic hydroxyl groups excluding tert-OH is 1. The summed E-state index contributed by atoms with van der Waals surface area (Å²) in [7, 11) is 1.65. The van der Waals surface area contributed by atoms with Gasteiger partial charge in [-0.25, -0.2) is 0 Å². The predicted octanol–water partition coefficient (Wildman–Crippen LogP) is 3.29. The fraction of sp³-hybridized carbons (Fsp3) is 0.321. The number of methoxy groups -OCH3 is 1. The van der Waals surface area contributed by atoms with Crippen LogP contribution in [-0.2, 0) is 17.6 Å². The fourth-order valence-corrected chi connectivity index (χ4v) is 4.88. The SMILES string of the molecule is COc1ccc(CCNC(=O)Cc2cn(-c3ccc(N4CCCC4CO)nn3)c3ccccc23)cc1. The first-order chi connectivity index (χ1) is 17.7. The number of rotatable bonds is 9. The van der Waals surface area contributed by atoms with Crippen LogP contribution in [0.5, 0.6) is 5.75 Å². The van der Waals surface area contributed by atoms with Crippen molar-refractivity contribution in [3.63, 3.8) is 0 Å². The lowest BCUT2D eigenvalue weighted by Gasteiger charge is -2.23. The summed E-state index contributed by atoms with van der Waals surface area (Å²) in [5.41, 5.74) is 3.07. The Bertz CT molecular complexity index is 1320. The van der Waals surface area contributed by atoms with Gasteiger partial charge < -0.3 is 20.1 Å². The highest BCUT2D eigenvalue weighted by atomic mass is 16.5. The highest BCUT2D eigenvalue weighted by Crippen LogP contribution is 2.27. The van der Waals surface area contributed by atoms with Gasteiger partial charge in [-0.1, -0.05) is 30.3 Å². The number of aromatic nitrogens is 3. The number of nitrogens with one attached hydrogen (secondary N) is 1. The number of ether oxygens (including phenoxy) is 1. The minimum Gasteiger partial charge on any atom is -0.497 e. The fourth-order valence-electron chi connectivity index (χ4n) is 4.88. The third-order valence-corrected chi connectivity index (χ3v) is 6.81. The van der Waals surface area contributed by atoms with Gasteiger partial charge in [-0.15, -0.1) is 10.2 Å². The Morgan fingerprint density at radius 2 is 1.86 bits per heavy atom. The van der Waals surface area contributed by atoms with Crippen molar-refractivity contribution < 1.29 is 14.6 Å². The lowest BCUT2D eigenvalue weighted by Crippen LogP contribution is -2.32. The molecular weight excluding hydrogens is 454 g/mol. The Morgan fingerprint density at radius 3 is 2.61 bits per heavy atom. The van der Waals surface area contributed by atoms with Crippen molar-refractivity contribution in [1.29, 1.82) is 0 Å². The third kappa shape index (κ3) is 5.04. The van der Waals surface area contributed by atoms with Gasteiger partial charge in [-0.2, -0.15) is 0 Å². The van der Waals surface area contributed by atoms with Gasteiger partial charge in [0.15, 0.2) is 11.6 Å². The van der Waals surface area contributed by atoms with Crippen molar-refractivity contribution in [3.05, 3.63) is 78.0 Å². The molecule has 1 aliphatic heterocycles. The summed E-state index contributed by atoms with van der Waals surface area (Å²) >= 11 is 0. The van der Waals surface area contributed by atoms with Crippen LogP contribution in [0.25, 0.3) is 16.7 Å².